The van der Waals surface area contributed by atoms with E-state index in [1.807, 2.05) is 0 Å². The molecular weight excluding hydrogens is 194 g/mol. The van der Waals surface area contributed by atoms with Gasteiger partial charge in [-0.3, -0.25) is 0 Å². The monoisotopic (exact) mass is 225 g/mol. The van der Waals surface area contributed by atoms with Crippen molar-refractivity contribution in [3.8, 4) is 0 Å². The van der Waals surface area contributed by atoms with Gasteiger partial charge < -0.3 is 5.32 Å². The van der Waals surface area contributed by atoms with E-state index in [1.54, 1.807) is 0 Å². The predicted molar refractivity (Wildman–Crippen MR) is 72.7 cm³/mol. The first-order valence-corrected chi connectivity index (χ1v) is 7.47. The molecule has 0 aromatic rings. The van der Waals surface area contributed by atoms with Crippen molar-refractivity contribution in [1.29, 1.82) is 0 Å². The van der Waals surface area contributed by atoms with Crippen LogP contribution in [0, 0.1) is 11.8 Å². The number of hydrogen-bond acceptors (Lipinski definition) is 1. The van der Waals surface area contributed by atoms with Crippen LogP contribution in [0.3, 0.4) is 0 Å². The Morgan fingerprint density at radius 2 is 1.88 bits per heavy atom. The molecule has 2 unspecified atom stereocenters. The van der Waals surface area contributed by atoms with Crippen molar-refractivity contribution in [2.45, 2.75) is 78.2 Å². The first-order valence-electron chi connectivity index (χ1n) is 7.47. The molecular formula is C15H31N. The van der Waals surface area contributed by atoms with Gasteiger partial charge in [-0.2, -0.15) is 0 Å². The number of hydrogen-bond donors (Lipinski definition) is 1. The molecule has 1 aliphatic rings. The first kappa shape index (κ1) is 14.0. The molecule has 0 aliphatic heterocycles. The molecule has 1 aliphatic carbocycles. The zero-order chi connectivity index (χ0) is 11.8. The molecule has 96 valence electrons. The lowest BCUT2D eigenvalue weighted by Crippen LogP contribution is -2.36. The van der Waals surface area contributed by atoms with Gasteiger partial charge in [0, 0.05) is 6.04 Å². The Hall–Kier alpha value is -0.0400. The van der Waals surface area contributed by atoms with Gasteiger partial charge in [0.25, 0.3) is 0 Å². The largest absolute Gasteiger partial charge is 0.314 e. The van der Waals surface area contributed by atoms with Gasteiger partial charge in [0.2, 0.25) is 0 Å². The van der Waals surface area contributed by atoms with E-state index >= 15 is 0 Å². The van der Waals surface area contributed by atoms with Gasteiger partial charge >= 0.3 is 0 Å². The average Bonchev–Trinajstić information content (AvgIpc) is 2.48. The van der Waals surface area contributed by atoms with Crippen LogP contribution in [-0.4, -0.2) is 12.6 Å². The van der Waals surface area contributed by atoms with E-state index in [-0.39, 0.29) is 0 Å². The lowest BCUT2D eigenvalue weighted by molar-refractivity contribution is 0.298. The zero-order valence-corrected chi connectivity index (χ0v) is 11.6. The highest BCUT2D eigenvalue weighted by atomic mass is 14.9. The lowest BCUT2D eigenvalue weighted by atomic mass is 9.88. The molecule has 1 rings (SSSR count). The molecule has 1 heteroatoms. The van der Waals surface area contributed by atoms with Crippen molar-refractivity contribution in [3.05, 3.63) is 0 Å². The van der Waals surface area contributed by atoms with E-state index in [0.29, 0.717) is 0 Å². The van der Waals surface area contributed by atoms with Crippen molar-refractivity contribution < 1.29 is 0 Å². The summed E-state index contributed by atoms with van der Waals surface area (Å²) in [5, 5.41) is 3.79. The van der Waals surface area contributed by atoms with Crippen LogP contribution in [0.2, 0.25) is 0 Å². The van der Waals surface area contributed by atoms with E-state index < -0.39 is 0 Å². The fourth-order valence-corrected chi connectivity index (χ4v) is 2.88. The molecule has 2 atom stereocenters. The summed E-state index contributed by atoms with van der Waals surface area (Å²) in [7, 11) is 0. The fraction of sp³-hybridized carbons (Fsp3) is 1.00. The molecule has 0 spiro atoms. The predicted octanol–water partition coefficient (Wildman–Crippen LogP) is 4.37. The summed E-state index contributed by atoms with van der Waals surface area (Å²) in [5.41, 5.74) is 0. The van der Waals surface area contributed by atoms with Crippen LogP contribution in [0.15, 0.2) is 0 Å². The Morgan fingerprint density at radius 1 is 1.12 bits per heavy atom. The van der Waals surface area contributed by atoms with E-state index in [4.69, 9.17) is 0 Å². The first-order chi connectivity index (χ1) is 7.74. The van der Waals surface area contributed by atoms with Gasteiger partial charge in [-0.05, 0) is 44.1 Å². The van der Waals surface area contributed by atoms with Crippen LogP contribution < -0.4 is 5.32 Å². The third-order valence-electron chi connectivity index (χ3n) is 3.93. The smallest absolute Gasteiger partial charge is 0.00953 e. The molecule has 0 aromatic heterocycles. The zero-order valence-electron chi connectivity index (χ0n) is 11.6. The minimum absolute atomic E-state index is 0.821. The molecule has 1 nitrogen and oxygen atoms in total. The van der Waals surface area contributed by atoms with Crippen LogP contribution in [0.5, 0.6) is 0 Å². The Morgan fingerprint density at radius 3 is 2.56 bits per heavy atom. The number of nitrogens with one attached hydrogen (secondary N) is 1. The third kappa shape index (κ3) is 5.34. The maximum Gasteiger partial charge on any atom is 0.00953 e. The summed E-state index contributed by atoms with van der Waals surface area (Å²) >= 11 is 0. The van der Waals surface area contributed by atoms with E-state index in [1.165, 1.54) is 57.9 Å². The minimum atomic E-state index is 0.821. The highest BCUT2D eigenvalue weighted by molar-refractivity contribution is 4.79. The molecule has 0 bridgehead atoms. The Labute approximate surface area is 102 Å². The summed E-state index contributed by atoms with van der Waals surface area (Å²) in [6.45, 7) is 8.19. The second-order valence-corrected chi connectivity index (χ2v) is 5.93. The van der Waals surface area contributed by atoms with Crippen molar-refractivity contribution in [1.82, 2.24) is 5.32 Å². The van der Waals surface area contributed by atoms with Crippen molar-refractivity contribution in [2.75, 3.05) is 6.54 Å². The van der Waals surface area contributed by atoms with Crippen LogP contribution in [-0.2, 0) is 0 Å². The Bertz CT molecular complexity index is 165. The molecule has 1 saturated carbocycles. The van der Waals surface area contributed by atoms with Crippen molar-refractivity contribution >= 4 is 0 Å². The van der Waals surface area contributed by atoms with Crippen LogP contribution in [0.1, 0.15) is 72.1 Å². The lowest BCUT2D eigenvalue weighted by Gasteiger charge is -2.27. The molecule has 0 heterocycles. The summed E-state index contributed by atoms with van der Waals surface area (Å²) in [6.07, 6.45) is 11.4. The maximum atomic E-state index is 3.79. The van der Waals surface area contributed by atoms with Crippen LogP contribution in [0.4, 0.5) is 0 Å². The van der Waals surface area contributed by atoms with Crippen LogP contribution in [0.25, 0.3) is 0 Å². The SMILES string of the molecule is CCCNC1CCCCCC1CCC(C)C. The second-order valence-electron chi connectivity index (χ2n) is 5.93. The molecule has 1 N–H and O–H groups in total. The quantitative estimate of drug-likeness (QED) is 0.662. The molecule has 0 saturated heterocycles. The van der Waals surface area contributed by atoms with Gasteiger partial charge in [0.1, 0.15) is 0 Å². The van der Waals surface area contributed by atoms with E-state index in [0.717, 1.165) is 17.9 Å². The minimum Gasteiger partial charge on any atom is -0.314 e. The Kier molecular flexibility index (Phi) is 7.11. The summed E-state index contributed by atoms with van der Waals surface area (Å²) in [5.74, 6) is 1.83. The van der Waals surface area contributed by atoms with E-state index in [9.17, 15) is 0 Å². The van der Waals surface area contributed by atoms with Gasteiger partial charge in [-0.1, -0.05) is 46.5 Å². The standard InChI is InChI=1S/C15H31N/c1-4-12-16-15-9-7-5-6-8-14(15)11-10-13(2)3/h13-16H,4-12H2,1-3H3. The van der Waals surface area contributed by atoms with Gasteiger partial charge in [-0.25, -0.2) is 0 Å². The van der Waals surface area contributed by atoms with Crippen molar-refractivity contribution in [2.24, 2.45) is 11.8 Å². The van der Waals surface area contributed by atoms with Crippen LogP contribution >= 0.6 is 0 Å². The van der Waals surface area contributed by atoms with Crippen molar-refractivity contribution in [3.63, 3.8) is 0 Å². The van der Waals surface area contributed by atoms with E-state index in [2.05, 4.69) is 26.1 Å². The normalized spacial score (nSPS) is 27.0. The summed E-state index contributed by atoms with van der Waals surface area (Å²) in [4.78, 5) is 0. The topological polar surface area (TPSA) is 12.0 Å². The third-order valence-corrected chi connectivity index (χ3v) is 3.93. The molecule has 0 aromatic carbocycles. The summed E-state index contributed by atoms with van der Waals surface area (Å²) < 4.78 is 0. The van der Waals surface area contributed by atoms with Gasteiger partial charge in [-0.15, -0.1) is 0 Å². The van der Waals surface area contributed by atoms with Gasteiger partial charge in [0.15, 0.2) is 0 Å². The molecule has 16 heavy (non-hydrogen) atoms. The highest BCUT2D eigenvalue weighted by Crippen LogP contribution is 2.28. The molecule has 0 amide bonds. The second kappa shape index (κ2) is 8.11. The Balaban J connectivity index is 2.38. The number of rotatable bonds is 6. The molecule has 1 fully saturated rings. The maximum absolute atomic E-state index is 3.79. The average molecular weight is 225 g/mol. The van der Waals surface area contributed by atoms with Gasteiger partial charge in [0.05, 0.1) is 0 Å². The highest BCUT2D eigenvalue weighted by Gasteiger charge is 2.22. The molecule has 0 radical (unpaired) electrons. The fourth-order valence-electron chi connectivity index (χ4n) is 2.88. The summed E-state index contributed by atoms with van der Waals surface area (Å²) in [6, 6.07) is 0.821.